The van der Waals surface area contributed by atoms with E-state index in [0.717, 1.165) is 12.1 Å². The quantitative estimate of drug-likeness (QED) is 0.298. The Morgan fingerprint density at radius 1 is 0.455 bits per heavy atom. The average molecular weight is 424 g/mol. The Hall–Kier alpha value is -4.10. The first-order valence-corrected chi connectivity index (χ1v) is 11.5. The summed E-state index contributed by atoms with van der Waals surface area (Å²) < 4.78 is 0. The molecule has 0 radical (unpaired) electrons. The van der Waals surface area contributed by atoms with Gasteiger partial charge in [-0.15, -0.1) is 0 Å². The Morgan fingerprint density at radius 2 is 0.909 bits per heavy atom. The molecule has 1 nitrogen and oxygen atoms in total. The number of rotatable bonds is 4. The third kappa shape index (κ3) is 3.08. The first-order valence-electron chi connectivity index (χ1n) is 11.5. The Morgan fingerprint density at radius 3 is 1.48 bits per heavy atom. The predicted molar refractivity (Wildman–Crippen MR) is 137 cm³/mol. The van der Waals surface area contributed by atoms with E-state index in [1.54, 1.807) is 0 Å². The van der Waals surface area contributed by atoms with Gasteiger partial charge in [0.1, 0.15) is 0 Å². The Labute approximate surface area is 195 Å². The van der Waals surface area contributed by atoms with Gasteiger partial charge in [0.25, 0.3) is 0 Å². The summed E-state index contributed by atoms with van der Waals surface area (Å²) >= 11 is 0. The summed E-state index contributed by atoms with van der Waals surface area (Å²) in [7, 11) is 0. The molecule has 1 aliphatic rings. The van der Waals surface area contributed by atoms with Gasteiger partial charge in [0, 0.05) is 5.69 Å². The van der Waals surface area contributed by atoms with Gasteiger partial charge in [0.2, 0.25) is 0 Å². The molecule has 1 aliphatic carbocycles. The molecule has 33 heavy (non-hydrogen) atoms. The molecule has 0 saturated carbocycles. The monoisotopic (exact) mass is 423 g/mol. The van der Waals surface area contributed by atoms with Gasteiger partial charge in [-0.1, -0.05) is 115 Å². The summed E-state index contributed by atoms with van der Waals surface area (Å²) in [6.45, 7) is 0. The van der Waals surface area contributed by atoms with Crippen molar-refractivity contribution in [3.63, 3.8) is 0 Å². The minimum absolute atomic E-state index is 0.369. The van der Waals surface area contributed by atoms with Crippen molar-refractivity contribution >= 4 is 5.69 Å². The van der Waals surface area contributed by atoms with E-state index in [1.807, 2.05) is 12.1 Å². The van der Waals surface area contributed by atoms with Crippen LogP contribution in [0.15, 0.2) is 127 Å². The van der Waals surface area contributed by atoms with E-state index in [9.17, 15) is 0 Å². The first kappa shape index (κ1) is 19.6. The lowest BCUT2D eigenvalue weighted by Gasteiger charge is -2.34. The summed E-state index contributed by atoms with van der Waals surface area (Å²) in [5.74, 6) is 0. The minimum Gasteiger partial charge on any atom is -0.399 e. The third-order valence-electron chi connectivity index (χ3n) is 6.93. The number of fused-ring (bicyclic) bond motifs is 3. The third-order valence-corrected chi connectivity index (χ3v) is 6.93. The SMILES string of the molecule is Nc1ccc(C2(c3ccc(Cc4ccccc4)cc3)c3ccccc3-c3ccccc32)cc1. The van der Waals surface area contributed by atoms with Gasteiger partial charge in [-0.05, 0) is 63.1 Å². The predicted octanol–water partition coefficient (Wildman–Crippen LogP) is 7.22. The average Bonchev–Trinajstić information content (AvgIpc) is 3.17. The van der Waals surface area contributed by atoms with Crippen molar-refractivity contribution in [2.45, 2.75) is 11.8 Å². The normalized spacial score (nSPS) is 13.3. The van der Waals surface area contributed by atoms with Gasteiger partial charge in [0.05, 0.1) is 5.41 Å². The standard InChI is InChI=1S/C32H25N/c33-27-20-18-26(19-21-27)32(25-16-14-24(15-17-25)22-23-8-2-1-3-9-23)30-12-6-4-10-28(30)29-11-5-7-13-31(29)32/h1-21H,22,33H2. The number of benzene rings is 5. The van der Waals surface area contributed by atoms with Crippen LogP contribution in [0.4, 0.5) is 5.69 Å². The van der Waals surface area contributed by atoms with Crippen molar-refractivity contribution in [2.75, 3.05) is 5.73 Å². The molecular formula is C32H25N. The lowest BCUT2D eigenvalue weighted by atomic mass is 9.67. The molecule has 1 heteroatoms. The van der Waals surface area contributed by atoms with E-state index in [4.69, 9.17) is 5.73 Å². The van der Waals surface area contributed by atoms with Gasteiger partial charge < -0.3 is 5.73 Å². The van der Waals surface area contributed by atoms with Crippen LogP contribution in [0.25, 0.3) is 11.1 Å². The van der Waals surface area contributed by atoms with Crippen molar-refractivity contribution < 1.29 is 0 Å². The molecule has 0 spiro atoms. The van der Waals surface area contributed by atoms with Crippen LogP contribution in [-0.4, -0.2) is 0 Å². The van der Waals surface area contributed by atoms with Gasteiger partial charge in [-0.2, -0.15) is 0 Å². The van der Waals surface area contributed by atoms with Gasteiger partial charge in [0.15, 0.2) is 0 Å². The second kappa shape index (κ2) is 7.79. The maximum Gasteiger partial charge on any atom is 0.0713 e. The lowest BCUT2D eigenvalue weighted by Crippen LogP contribution is -2.28. The van der Waals surface area contributed by atoms with Crippen LogP contribution in [0.5, 0.6) is 0 Å². The maximum absolute atomic E-state index is 6.09. The molecule has 0 bridgehead atoms. The number of nitrogen functional groups attached to an aromatic ring is 1. The molecule has 0 atom stereocenters. The number of anilines is 1. The van der Waals surface area contributed by atoms with Gasteiger partial charge >= 0.3 is 0 Å². The van der Waals surface area contributed by atoms with Crippen LogP contribution in [0.1, 0.15) is 33.4 Å². The highest BCUT2D eigenvalue weighted by Crippen LogP contribution is 2.55. The summed E-state index contributed by atoms with van der Waals surface area (Å²) in [5, 5.41) is 0. The Bertz CT molecular complexity index is 1370. The largest absolute Gasteiger partial charge is 0.399 e. The van der Waals surface area contributed by atoms with Crippen molar-refractivity contribution in [3.8, 4) is 11.1 Å². The number of nitrogens with two attached hydrogens (primary N) is 1. The Balaban J connectivity index is 1.57. The van der Waals surface area contributed by atoms with Crippen LogP contribution in [-0.2, 0) is 11.8 Å². The summed E-state index contributed by atoms with van der Waals surface area (Å²) in [6, 6.07) is 45.9. The van der Waals surface area contributed by atoms with Crippen molar-refractivity contribution in [1.29, 1.82) is 0 Å². The highest BCUT2D eigenvalue weighted by Gasteiger charge is 2.45. The zero-order chi connectivity index (χ0) is 22.3. The van der Waals surface area contributed by atoms with Crippen LogP contribution in [0.2, 0.25) is 0 Å². The van der Waals surface area contributed by atoms with Crippen molar-refractivity contribution in [1.82, 2.24) is 0 Å². The maximum atomic E-state index is 6.09. The lowest BCUT2D eigenvalue weighted by molar-refractivity contribution is 0.768. The molecule has 2 N–H and O–H groups in total. The van der Waals surface area contributed by atoms with E-state index in [0.29, 0.717) is 0 Å². The fourth-order valence-electron chi connectivity index (χ4n) is 5.46. The summed E-state index contributed by atoms with van der Waals surface area (Å²) in [6.07, 6.45) is 0.934. The molecule has 0 unspecified atom stereocenters. The van der Waals surface area contributed by atoms with E-state index in [1.165, 1.54) is 44.5 Å². The second-order valence-corrected chi connectivity index (χ2v) is 8.82. The van der Waals surface area contributed by atoms with Crippen molar-refractivity contribution in [2.24, 2.45) is 0 Å². The summed E-state index contributed by atoms with van der Waals surface area (Å²) in [5.41, 5.74) is 16.9. The first-order chi connectivity index (χ1) is 16.3. The molecule has 5 aromatic carbocycles. The number of hydrogen-bond acceptors (Lipinski definition) is 1. The minimum atomic E-state index is -0.369. The van der Waals surface area contributed by atoms with Gasteiger partial charge in [-0.25, -0.2) is 0 Å². The van der Waals surface area contributed by atoms with Crippen LogP contribution in [0, 0.1) is 0 Å². The Kier molecular flexibility index (Phi) is 4.62. The fraction of sp³-hybridized carbons (Fsp3) is 0.0625. The van der Waals surface area contributed by atoms with Crippen LogP contribution < -0.4 is 5.73 Å². The van der Waals surface area contributed by atoms with Crippen molar-refractivity contribution in [3.05, 3.63) is 161 Å². The highest BCUT2D eigenvalue weighted by atomic mass is 14.5. The molecule has 0 heterocycles. The molecule has 0 fully saturated rings. The van der Waals surface area contributed by atoms with E-state index < -0.39 is 0 Å². The van der Waals surface area contributed by atoms with E-state index in [-0.39, 0.29) is 5.41 Å². The van der Waals surface area contributed by atoms with E-state index >= 15 is 0 Å². The molecular weight excluding hydrogens is 398 g/mol. The molecule has 0 amide bonds. The summed E-state index contributed by atoms with van der Waals surface area (Å²) in [4.78, 5) is 0. The molecule has 5 aromatic rings. The van der Waals surface area contributed by atoms with Crippen LogP contribution >= 0.6 is 0 Å². The molecule has 0 aliphatic heterocycles. The molecule has 0 saturated heterocycles. The smallest absolute Gasteiger partial charge is 0.0713 e. The molecule has 6 rings (SSSR count). The molecule has 158 valence electrons. The zero-order valence-corrected chi connectivity index (χ0v) is 18.4. The fourth-order valence-corrected chi connectivity index (χ4v) is 5.46. The highest BCUT2D eigenvalue weighted by molar-refractivity contribution is 5.86. The molecule has 0 aromatic heterocycles. The van der Waals surface area contributed by atoms with Gasteiger partial charge in [-0.3, -0.25) is 0 Å². The number of hydrogen-bond donors (Lipinski definition) is 1. The zero-order valence-electron chi connectivity index (χ0n) is 18.4. The van der Waals surface area contributed by atoms with E-state index in [2.05, 4.69) is 115 Å². The topological polar surface area (TPSA) is 26.0 Å². The second-order valence-electron chi connectivity index (χ2n) is 8.82. The van der Waals surface area contributed by atoms with Crippen LogP contribution in [0.3, 0.4) is 0 Å².